The molecule has 2 amide bonds. The number of imidazole rings is 1. The summed E-state index contributed by atoms with van der Waals surface area (Å²) in [5.74, 6) is 0.793. The molecule has 4 aromatic rings. The fourth-order valence-electron chi connectivity index (χ4n) is 5.06. The topological polar surface area (TPSA) is 67.2 Å². The molecule has 36 heavy (non-hydrogen) atoms. The molecule has 0 bridgehead atoms. The van der Waals surface area contributed by atoms with Crippen molar-refractivity contribution < 1.29 is 9.59 Å². The molecule has 1 aliphatic carbocycles. The number of hydrogen-bond donors (Lipinski definition) is 1. The van der Waals surface area contributed by atoms with E-state index in [0.29, 0.717) is 23.9 Å². The lowest BCUT2D eigenvalue weighted by Gasteiger charge is -2.26. The minimum atomic E-state index is -0.153. The van der Waals surface area contributed by atoms with Crippen molar-refractivity contribution in [3.05, 3.63) is 82.0 Å². The van der Waals surface area contributed by atoms with Gasteiger partial charge >= 0.3 is 0 Å². The molecule has 0 radical (unpaired) electrons. The van der Waals surface area contributed by atoms with Crippen LogP contribution in [0.5, 0.6) is 0 Å². The van der Waals surface area contributed by atoms with E-state index in [9.17, 15) is 9.59 Å². The number of nitrogens with zero attached hydrogens (tertiary/aromatic N) is 3. The number of rotatable bonds is 8. The Balaban J connectivity index is 1.41. The fraction of sp³-hybridized carbons (Fsp3) is 0.345. The number of fused-ring (bicyclic) bond motifs is 1. The lowest BCUT2D eigenvalue weighted by Crippen LogP contribution is -2.33. The molecule has 1 N–H and O–H groups in total. The summed E-state index contributed by atoms with van der Waals surface area (Å²) in [4.78, 5) is 33.1. The van der Waals surface area contributed by atoms with Gasteiger partial charge < -0.3 is 9.47 Å². The summed E-state index contributed by atoms with van der Waals surface area (Å²) in [7, 11) is 1.90. The van der Waals surface area contributed by atoms with Crippen molar-refractivity contribution in [3.63, 3.8) is 0 Å². The second-order valence-corrected chi connectivity index (χ2v) is 10.6. The minimum absolute atomic E-state index is 0.153. The maximum absolute atomic E-state index is 13.0. The predicted octanol–water partition coefficient (Wildman–Crippen LogP) is 6.13. The van der Waals surface area contributed by atoms with Crippen LogP contribution < -0.4 is 5.32 Å². The first-order chi connectivity index (χ1) is 17.6. The summed E-state index contributed by atoms with van der Waals surface area (Å²) in [5, 5.41) is 4.91. The molecule has 1 aliphatic rings. The van der Waals surface area contributed by atoms with Gasteiger partial charge in [0.1, 0.15) is 0 Å². The number of carbonyl (C=O) groups excluding carboxylic acids is 2. The van der Waals surface area contributed by atoms with Crippen LogP contribution in [0.1, 0.15) is 52.9 Å². The van der Waals surface area contributed by atoms with Gasteiger partial charge in [-0.2, -0.15) is 0 Å². The van der Waals surface area contributed by atoms with Crippen LogP contribution in [0.3, 0.4) is 0 Å². The van der Waals surface area contributed by atoms with E-state index in [2.05, 4.69) is 28.1 Å². The first kappa shape index (κ1) is 24.3. The third-order valence-corrected chi connectivity index (χ3v) is 7.87. The second-order valence-electron chi connectivity index (χ2n) is 9.61. The Morgan fingerprint density at radius 3 is 2.58 bits per heavy atom. The van der Waals surface area contributed by atoms with Gasteiger partial charge in [0.2, 0.25) is 11.9 Å². The molecule has 0 unspecified atom stereocenters. The van der Waals surface area contributed by atoms with E-state index in [4.69, 9.17) is 4.98 Å². The van der Waals surface area contributed by atoms with Crippen LogP contribution in [0.15, 0.2) is 66.0 Å². The fourth-order valence-corrected chi connectivity index (χ4v) is 5.68. The Morgan fingerprint density at radius 1 is 1.03 bits per heavy atom. The molecule has 0 saturated heterocycles. The number of aryl methyl sites for hydroxylation is 2. The van der Waals surface area contributed by atoms with Gasteiger partial charge in [-0.25, -0.2) is 4.98 Å². The normalized spacial score (nSPS) is 14.1. The van der Waals surface area contributed by atoms with Crippen molar-refractivity contribution in [1.82, 2.24) is 14.5 Å². The average molecular weight is 501 g/mol. The van der Waals surface area contributed by atoms with Crippen LogP contribution >= 0.6 is 11.3 Å². The molecule has 186 valence electrons. The van der Waals surface area contributed by atoms with Gasteiger partial charge in [-0.05, 0) is 54.0 Å². The lowest BCUT2D eigenvalue weighted by atomic mass is 9.88. The Hall–Kier alpha value is -3.45. The van der Waals surface area contributed by atoms with Gasteiger partial charge in [-0.15, -0.1) is 11.3 Å². The average Bonchev–Trinajstić information content (AvgIpc) is 3.56. The molecular formula is C29H32N4O2S. The van der Waals surface area contributed by atoms with Gasteiger partial charge in [0.15, 0.2) is 0 Å². The smallest absolute Gasteiger partial charge is 0.268 e. The molecule has 2 aromatic carbocycles. The first-order valence-electron chi connectivity index (χ1n) is 12.7. The molecule has 5 rings (SSSR count). The summed E-state index contributed by atoms with van der Waals surface area (Å²) in [6, 6.07) is 20.1. The van der Waals surface area contributed by atoms with Crippen LogP contribution in [0.4, 0.5) is 5.95 Å². The Labute approximate surface area is 216 Å². The lowest BCUT2D eigenvalue weighted by molar-refractivity contribution is -0.135. The summed E-state index contributed by atoms with van der Waals surface area (Å²) >= 11 is 1.41. The zero-order valence-corrected chi connectivity index (χ0v) is 21.5. The van der Waals surface area contributed by atoms with Crippen molar-refractivity contribution in [1.29, 1.82) is 0 Å². The maximum atomic E-state index is 13.0. The highest BCUT2D eigenvalue weighted by molar-refractivity contribution is 7.12. The van der Waals surface area contributed by atoms with E-state index in [1.807, 2.05) is 59.8 Å². The van der Waals surface area contributed by atoms with Crippen LogP contribution in [0.2, 0.25) is 0 Å². The Bertz CT molecular complexity index is 1320. The summed E-state index contributed by atoms with van der Waals surface area (Å²) in [6.07, 6.45) is 6.36. The molecule has 1 saturated carbocycles. The molecule has 0 aliphatic heterocycles. The zero-order valence-electron chi connectivity index (χ0n) is 20.7. The summed E-state index contributed by atoms with van der Waals surface area (Å²) < 4.78 is 2.08. The Kier molecular flexibility index (Phi) is 7.47. The third kappa shape index (κ3) is 5.51. The third-order valence-electron chi connectivity index (χ3n) is 7.00. The number of thiophene rings is 1. The SMILES string of the molecule is CN(Cc1ccc2nc(NC(=O)c3cccs3)n(CCc3ccccc3)c2c1)C(=O)C1CCCCC1. The van der Waals surface area contributed by atoms with Gasteiger partial charge in [0.05, 0.1) is 15.9 Å². The summed E-state index contributed by atoms with van der Waals surface area (Å²) in [6.45, 7) is 1.24. The number of benzene rings is 2. The molecule has 0 atom stereocenters. The minimum Gasteiger partial charge on any atom is -0.341 e. The number of carbonyl (C=O) groups is 2. The van der Waals surface area contributed by atoms with Crippen molar-refractivity contribution in [3.8, 4) is 0 Å². The first-order valence-corrected chi connectivity index (χ1v) is 13.6. The van der Waals surface area contributed by atoms with E-state index in [0.717, 1.165) is 48.7 Å². The highest BCUT2D eigenvalue weighted by Gasteiger charge is 2.24. The number of hydrogen-bond acceptors (Lipinski definition) is 4. The van der Waals surface area contributed by atoms with Crippen molar-refractivity contribution >= 4 is 40.1 Å². The standard InChI is InChI=1S/C29H32N4O2S/c1-32(28(35)23-11-6-3-7-12-23)20-22-14-15-24-25(19-22)33(17-16-21-9-4-2-5-10-21)29(30-24)31-27(34)26-13-8-18-36-26/h2,4-5,8-10,13-15,18-19,23H,3,6-7,11-12,16-17,20H2,1H3,(H,30,31,34). The van der Waals surface area contributed by atoms with Crippen molar-refractivity contribution in [2.75, 3.05) is 12.4 Å². The van der Waals surface area contributed by atoms with Gasteiger partial charge in [0, 0.05) is 26.1 Å². The molecule has 1 fully saturated rings. The van der Waals surface area contributed by atoms with Crippen molar-refractivity contribution in [2.45, 2.75) is 51.6 Å². The molecule has 2 aromatic heterocycles. The van der Waals surface area contributed by atoms with Gasteiger partial charge in [-0.1, -0.05) is 61.7 Å². The monoisotopic (exact) mass is 500 g/mol. The van der Waals surface area contributed by atoms with Crippen LogP contribution in [0, 0.1) is 5.92 Å². The van der Waals surface area contributed by atoms with Crippen LogP contribution in [-0.2, 0) is 24.3 Å². The highest BCUT2D eigenvalue weighted by atomic mass is 32.1. The largest absolute Gasteiger partial charge is 0.341 e. The van der Waals surface area contributed by atoms with Crippen LogP contribution in [0.25, 0.3) is 11.0 Å². The zero-order chi connectivity index (χ0) is 24.9. The molecule has 0 spiro atoms. The van der Waals surface area contributed by atoms with E-state index in [-0.39, 0.29) is 17.7 Å². The highest BCUT2D eigenvalue weighted by Crippen LogP contribution is 2.27. The van der Waals surface area contributed by atoms with Crippen LogP contribution in [-0.4, -0.2) is 33.3 Å². The van der Waals surface area contributed by atoms with E-state index >= 15 is 0 Å². The Morgan fingerprint density at radius 2 is 1.83 bits per heavy atom. The molecule has 6 nitrogen and oxygen atoms in total. The number of anilines is 1. The quantitative estimate of drug-likeness (QED) is 0.316. The van der Waals surface area contributed by atoms with E-state index in [1.165, 1.54) is 23.3 Å². The number of aromatic nitrogens is 2. The maximum Gasteiger partial charge on any atom is 0.268 e. The second kappa shape index (κ2) is 11.1. The van der Waals surface area contributed by atoms with E-state index in [1.54, 1.807) is 0 Å². The molecule has 2 heterocycles. The van der Waals surface area contributed by atoms with E-state index < -0.39 is 0 Å². The van der Waals surface area contributed by atoms with Gasteiger partial charge in [-0.3, -0.25) is 14.9 Å². The predicted molar refractivity (Wildman–Crippen MR) is 145 cm³/mol. The molecular weight excluding hydrogens is 468 g/mol. The molecule has 7 heteroatoms. The summed E-state index contributed by atoms with van der Waals surface area (Å²) in [5.41, 5.74) is 4.08. The van der Waals surface area contributed by atoms with Gasteiger partial charge in [0.25, 0.3) is 5.91 Å². The number of amides is 2. The number of nitrogens with one attached hydrogen (secondary N) is 1. The van der Waals surface area contributed by atoms with Crippen molar-refractivity contribution in [2.24, 2.45) is 5.92 Å².